The Balaban J connectivity index is 1.15. The maximum Gasteiger partial charge on any atom is 0.136 e. The molecule has 0 saturated heterocycles. The van der Waals surface area contributed by atoms with E-state index in [1.54, 1.807) is 0 Å². The molecule has 0 N–H and O–H groups in total. The number of hydrogen-bond acceptors (Lipinski definition) is 3. The van der Waals surface area contributed by atoms with Crippen molar-refractivity contribution in [2.75, 3.05) is 4.90 Å². The lowest BCUT2D eigenvalue weighted by molar-refractivity contribution is 0.669. The zero-order valence-corrected chi connectivity index (χ0v) is 27.3. The molecule has 0 aliphatic heterocycles. The van der Waals surface area contributed by atoms with Gasteiger partial charge in [0.25, 0.3) is 0 Å². The Morgan fingerprint density at radius 2 is 1.00 bits per heavy atom. The van der Waals surface area contributed by atoms with Gasteiger partial charge in [-0.1, -0.05) is 133 Å². The minimum atomic E-state index is 0.909. The first-order chi connectivity index (χ1) is 24.3. The lowest BCUT2D eigenvalue weighted by Gasteiger charge is -2.26. The Kier molecular flexibility index (Phi) is 6.39. The summed E-state index contributed by atoms with van der Waals surface area (Å²) in [6.45, 7) is 0. The third-order valence-electron chi connectivity index (χ3n) is 9.68. The molecule has 49 heavy (non-hydrogen) atoms. The summed E-state index contributed by atoms with van der Waals surface area (Å²) in [5.74, 6) is 0. The molecule has 0 fully saturated rings. The van der Waals surface area contributed by atoms with E-state index >= 15 is 0 Å². The van der Waals surface area contributed by atoms with Crippen molar-refractivity contribution < 1.29 is 4.42 Å². The summed E-state index contributed by atoms with van der Waals surface area (Å²) in [5, 5.41) is 7.45. The highest BCUT2D eigenvalue weighted by atomic mass is 32.1. The standard InChI is InChI=1S/C46H29NOS/c1-2-10-30(11-3-1)31-20-25-34(26-21-31)47(41-17-8-16-38-39-29-24-32-12-4-5-13-37(32)45(39)49-46(38)41)35-27-22-33(23-28-35)36-15-9-19-43-44(36)40-14-6-7-18-42(40)48-43/h1-29H. The van der Waals surface area contributed by atoms with Gasteiger partial charge >= 0.3 is 0 Å². The first-order valence-electron chi connectivity index (χ1n) is 16.6. The van der Waals surface area contributed by atoms with Gasteiger partial charge in [0.2, 0.25) is 0 Å². The monoisotopic (exact) mass is 643 g/mol. The molecule has 2 heterocycles. The highest BCUT2D eigenvalue weighted by molar-refractivity contribution is 7.27. The average Bonchev–Trinajstić information content (AvgIpc) is 3.75. The van der Waals surface area contributed by atoms with E-state index in [1.807, 2.05) is 23.5 Å². The van der Waals surface area contributed by atoms with Crippen LogP contribution in [0.2, 0.25) is 0 Å². The number of nitrogens with zero attached hydrogens (tertiary/aromatic N) is 1. The third kappa shape index (κ3) is 4.55. The topological polar surface area (TPSA) is 16.4 Å². The summed E-state index contributed by atoms with van der Waals surface area (Å²) in [4.78, 5) is 2.41. The van der Waals surface area contributed by atoms with Gasteiger partial charge in [0.15, 0.2) is 0 Å². The summed E-state index contributed by atoms with van der Waals surface area (Å²) in [5.41, 5.74) is 9.96. The van der Waals surface area contributed by atoms with Crippen LogP contribution in [0.4, 0.5) is 17.1 Å². The highest BCUT2D eigenvalue weighted by Gasteiger charge is 2.20. The Labute approximate surface area is 287 Å². The molecule has 230 valence electrons. The second-order valence-electron chi connectivity index (χ2n) is 12.5. The Hall–Kier alpha value is -6.16. The van der Waals surface area contributed by atoms with E-state index in [0.29, 0.717) is 0 Å². The normalized spacial score (nSPS) is 11.7. The second-order valence-corrected chi connectivity index (χ2v) is 13.5. The lowest BCUT2D eigenvalue weighted by atomic mass is 9.99. The zero-order chi connectivity index (χ0) is 32.3. The minimum absolute atomic E-state index is 0.909. The van der Waals surface area contributed by atoms with E-state index in [0.717, 1.165) is 38.9 Å². The van der Waals surface area contributed by atoms with Crippen molar-refractivity contribution in [3.63, 3.8) is 0 Å². The molecule has 0 amide bonds. The average molecular weight is 644 g/mol. The Bertz CT molecular complexity index is 2810. The molecule has 0 bridgehead atoms. The van der Waals surface area contributed by atoms with E-state index in [1.165, 1.54) is 53.3 Å². The molecule has 0 radical (unpaired) electrons. The zero-order valence-electron chi connectivity index (χ0n) is 26.5. The van der Waals surface area contributed by atoms with Gasteiger partial charge in [0.1, 0.15) is 11.2 Å². The highest BCUT2D eigenvalue weighted by Crippen LogP contribution is 2.47. The molecule has 0 aliphatic carbocycles. The molecule has 8 aromatic carbocycles. The van der Waals surface area contributed by atoms with Gasteiger partial charge in [-0.05, 0) is 75.5 Å². The fraction of sp³-hybridized carbons (Fsp3) is 0. The van der Waals surface area contributed by atoms with Crippen molar-refractivity contribution in [3.8, 4) is 22.3 Å². The summed E-state index contributed by atoms with van der Waals surface area (Å²) in [7, 11) is 0. The minimum Gasteiger partial charge on any atom is -0.456 e. The number of furan rings is 1. The maximum atomic E-state index is 6.22. The fourth-order valence-corrected chi connectivity index (χ4v) is 8.69. The van der Waals surface area contributed by atoms with E-state index < -0.39 is 0 Å². The van der Waals surface area contributed by atoms with Gasteiger partial charge in [-0.3, -0.25) is 0 Å². The summed E-state index contributed by atoms with van der Waals surface area (Å²) >= 11 is 1.89. The van der Waals surface area contributed by atoms with Crippen LogP contribution in [0, 0.1) is 0 Å². The van der Waals surface area contributed by atoms with E-state index in [-0.39, 0.29) is 0 Å². The van der Waals surface area contributed by atoms with Crippen molar-refractivity contribution >= 4 is 81.3 Å². The summed E-state index contributed by atoms with van der Waals surface area (Å²) in [6, 6.07) is 63.1. The smallest absolute Gasteiger partial charge is 0.136 e. The van der Waals surface area contributed by atoms with Crippen molar-refractivity contribution in [1.82, 2.24) is 0 Å². The molecule has 2 aromatic heterocycles. The molecular formula is C46H29NOS. The first-order valence-corrected chi connectivity index (χ1v) is 17.4. The van der Waals surface area contributed by atoms with Crippen LogP contribution in [0.15, 0.2) is 180 Å². The number of rotatable bonds is 5. The third-order valence-corrected chi connectivity index (χ3v) is 11.0. The number of para-hydroxylation sites is 1. The van der Waals surface area contributed by atoms with Crippen molar-refractivity contribution in [2.24, 2.45) is 0 Å². The molecule has 10 rings (SSSR count). The maximum absolute atomic E-state index is 6.22. The Morgan fingerprint density at radius 1 is 0.388 bits per heavy atom. The molecular weight excluding hydrogens is 615 g/mol. The Morgan fingerprint density at radius 3 is 1.82 bits per heavy atom. The van der Waals surface area contributed by atoms with Gasteiger partial charge in [-0.2, -0.15) is 0 Å². The SMILES string of the molecule is c1ccc(-c2ccc(N(c3ccc(-c4cccc5oc6ccccc6c45)cc3)c3cccc4c3sc3c5ccccc5ccc43)cc2)cc1. The molecule has 3 heteroatoms. The predicted octanol–water partition coefficient (Wildman–Crippen LogP) is 13.9. The van der Waals surface area contributed by atoms with Gasteiger partial charge in [0, 0.05) is 37.6 Å². The van der Waals surface area contributed by atoms with Crippen molar-refractivity contribution in [3.05, 3.63) is 176 Å². The molecule has 0 atom stereocenters. The summed E-state index contributed by atoms with van der Waals surface area (Å²) < 4.78 is 8.83. The van der Waals surface area contributed by atoms with Crippen LogP contribution in [0.5, 0.6) is 0 Å². The summed E-state index contributed by atoms with van der Waals surface area (Å²) in [6.07, 6.45) is 0. The number of anilines is 3. The predicted molar refractivity (Wildman–Crippen MR) is 210 cm³/mol. The van der Waals surface area contributed by atoms with Crippen LogP contribution in [0.3, 0.4) is 0 Å². The fourth-order valence-electron chi connectivity index (χ4n) is 7.35. The molecule has 0 spiro atoms. The van der Waals surface area contributed by atoms with E-state index in [2.05, 4.69) is 169 Å². The van der Waals surface area contributed by atoms with Crippen molar-refractivity contribution in [1.29, 1.82) is 0 Å². The number of fused-ring (bicyclic) bond motifs is 8. The van der Waals surface area contributed by atoms with Crippen LogP contribution in [-0.2, 0) is 0 Å². The van der Waals surface area contributed by atoms with Crippen LogP contribution >= 0.6 is 11.3 Å². The van der Waals surface area contributed by atoms with Crippen LogP contribution in [0.1, 0.15) is 0 Å². The molecule has 0 aliphatic rings. The van der Waals surface area contributed by atoms with Crippen LogP contribution in [0.25, 0.3) is 75.1 Å². The van der Waals surface area contributed by atoms with Gasteiger partial charge in [-0.15, -0.1) is 11.3 Å². The van der Waals surface area contributed by atoms with Crippen molar-refractivity contribution in [2.45, 2.75) is 0 Å². The largest absolute Gasteiger partial charge is 0.456 e. The van der Waals surface area contributed by atoms with Gasteiger partial charge in [0.05, 0.1) is 10.4 Å². The van der Waals surface area contributed by atoms with Crippen LogP contribution < -0.4 is 4.90 Å². The number of thiophene rings is 1. The van der Waals surface area contributed by atoms with Crippen LogP contribution in [-0.4, -0.2) is 0 Å². The molecule has 0 unspecified atom stereocenters. The molecule has 10 aromatic rings. The lowest BCUT2D eigenvalue weighted by Crippen LogP contribution is -2.10. The molecule has 2 nitrogen and oxygen atoms in total. The number of benzene rings is 8. The quantitative estimate of drug-likeness (QED) is 0.186. The number of hydrogen-bond donors (Lipinski definition) is 0. The van der Waals surface area contributed by atoms with E-state index in [9.17, 15) is 0 Å². The van der Waals surface area contributed by atoms with E-state index in [4.69, 9.17) is 4.42 Å². The van der Waals surface area contributed by atoms with Gasteiger partial charge in [-0.25, -0.2) is 0 Å². The van der Waals surface area contributed by atoms with Gasteiger partial charge < -0.3 is 9.32 Å². The first kappa shape index (κ1) is 27.9. The second kappa shape index (κ2) is 11.2. The molecule has 0 saturated carbocycles.